The van der Waals surface area contributed by atoms with E-state index >= 15 is 0 Å². The van der Waals surface area contributed by atoms with E-state index in [-0.39, 0.29) is 0 Å². The Morgan fingerprint density at radius 3 is 2.47 bits per heavy atom. The second-order valence-electron chi connectivity index (χ2n) is 4.65. The molecule has 1 aliphatic heterocycles. The average molecular weight is 236 g/mol. The minimum Gasteiger partial charge on any atom is -0.497 e. The van der Waals surface area contributed by atoms with Crippen LogP contribution in [0.5, 0.6) is 5.75 Å². The standard InChI is InChI=1S/C14H20O3/c1-10(14-11(2)17-14)8-16-9-12-4-6-13(15-3)7-5-12/h4-7,10-11,14H,8-9H2,1-3H3/t10-,11+,14+/m1/s1. The summed E-state index contributed by atoms with van der Waals surface area (Å²) in [5.74, 6) is 1.35. The van der Waals surface area contributed by atoms with Crippen molar-refractivity contribution in [1.82, 2.24) is 0 Å². The van der Waals surface area contributed by atoms with Crippen molar-refractivity contribution in [3.05, 3.63) is 29.8 Å². The van der Waals surface area contributed by atoms with E-state index < -0.39 is 0 Å². The van der Waals surface area contributed by atoms with Crippen LogP contribution < -0.4 is 4.74 Å². The van der Waals surface area contributed by atoms with Crippen LogP contribution in [-0.4, -0.2) is 25.9 Å². The Morgan fingerprint density at radius 1 is 1.29 bits per heavy atom. The number of benzene rings is 1. The van der Waals surface area contributed by atoms with Crippen molar-refractivity contribution in [2.75, 3.05) is 13.7 Å². The first-order valence-corrected chi connectivity index (χ1v) is 6.07. The predicted octanol–water partition coefficient (Wildman–Crippen LogP) is 2.64. The van der Waals surface area contributed by atoms with E-state index in [9.17, 15) is 0 Å². The third kappa shape index (κ3) is 3.45. The molecule has 1 aromatic rings. The van der Waals surface area contributed by atoms with Crippen LogP contribution in [0.1, 0.15) is 19.4 Å². The maximum atomic E-state index is 5.68. The summed E-state index contributed by atoms with van der Waals surface area (Å²) in [5.41, 5.74) is 1.17. The van der Waals surface area contributed by atoms with Crippen LogP contribution in [0, 0.1) is 5.92 Å². The van der Waals surface area contributed by atoms with Crippen LogP contribution in [0.4, 0.5) is 0 Å². The van der Waals surface area contributed by atoms with Gasteiger partial charge in [-0.05, 0) is 24.6 Å². The molecule has 17 heavy (non-hydrogen) atoms. The molecule has 2 rings (SSSR count). The van der Waals surface area contributed by atoms with Gasteiger partial charge in [0.05, 0.1) is 32.5 Å². The summed E-state index contributed by atoms with van der Waals surface area (Å²) in [7, 11) is 1.67. The van der Waals surface area contributed by atoms with Crippen molar-refractivity contribution >= 4 is 0 Å². The van der Waals surface area contributed by atoms with Crippen molar-refractivity contribution in [2.24, 2.45) is 5.92 Å². The van der Waals surface area contributed by atoms with E-state index in [1.54, 1.807) is 7.11 Å². The molecule has 1 saturated heterocycles. The lowest BCUT2D eigenvalue weighted by atomic mass is 10.1. The summed E-state index contributed by atoms with van der Waals surface area (Å²) in [6, 6.07) is 7.96. The molecule has 1 aromatic carbocycles. The molecule has 0 aliphatic carbocycles. The maximum Gasteiger partial charge on any atom is 0.118 e. The highest BCUT2D eigenvalue weighted by atomic mass is 16.6. The molecule has 0 radical (unpaired) electrons. The predicted molar refractivity (Wildman–Crippen MR) is 66.1 cm³/mol. The van der Waals surface area contributed by atoms with Crippen LogP contribution in [-0.2, 0) is 16.1 Å². The summed E-state index contributed by atoms with van der Waals surface area (Å²) in [5, 5.41) is 0. The van der Waals surface area contributed by atoms with Gasteiger partial charge in [-0.3, -0.25) is 0 Å². The van der Waals surface area contributed by atoms with Gasteiger partial charge in [-0.15, -0.1) is 0 Å². The largest absolute Gasteiger partial charge is 0.497 e. The fraction of sp³-hybridized carbons (Fsp3) is 0.571. The van der Waals surface area contributed by atoms with Gasteiger partial charge < -0.3 is 14.2 Å². The van der Waals surface area contributed by atoms with Crippen LogP contribution in [0.15, 0.2) is 24.3 Å². The number of rotatable bonds is 6. The lowest BCUT2D eigenvalue weighted by Crippen LogP contribution is -2.13. The van der Waals surface area contributed by atoms with E-state index in [0.717, 1.165) is 12.4 Å². The van der Waals surface area contributed by atoms with Crippen molar-refractivity contribution in [1.29, 1.82) is 0 Å². The van der Waals surface area contributed by atoms with Crippen molar-refractivity contribution < 1.29 is 14.2 Å². The lowest BCUT2D eigenvalue weighted by Gasteiger charge is -2.09. The molecule has 0 saturated carbocycles. The number of hydrogen-bond donors (Lipinski definition) is 0. The smallest absolute Gasteiger partial charge is 0.118 e. The quantitative estimate of drug-likeness (QED) is 0.711. The summed E-state index contributed by atoms with van der Waals surface area (Å²) in [6.45, 7) is 5.67. The zero-order valence-corrected chi connectivity index (χ0v) is 10.7. The van der Waals surface area contributed by atoms with Crippen LogP contribution >= 0.6 is 0 Å². The molecular weight excluding hydrogens is 216 g/mol. The van der Waals surface area contributed by atoms with Crippen LogP contribution in [0.2, 0.25) is 0 Å². The van der Waals surface area contributed by atoms with Crippen LogP contribution in [0.3, 0.4) is 0 Å². The highest BCUT2D eigenvalue weighted by molar-refractivity contribution is 5.26. The van der Waals surface area contributed by atoms with Crippen molar-refractivity contribution in [2.45, 2.75) is 32.7 Å². The number of ether oxygens (including phenoxy) is 3. The van der Waals surface area contributed by atoms with Crippen LogP contribution in [0.25, 0.3) is 0 Å². The van der Waals surface area contributed by atoms with E-state index in [1.165, 1.54) is 5.56 Å². The molecule has 3 nitrogen and oxygen atoms in total. The maximum absolute atomic E-state index is 5.68. The lowest BCUT2D eigenvalue weighted by molar-refractivity contribution is 0.0824. The van der Waals surface area contributed by atoms with Gasteiger partial charge in [-0.1, -0.05) is 19.1 Å². The van der Waals surface area contributed by atoms with E-state index in [4.69, 9.17) is 14.2 Å². The third-order valence-corrected chi connectivity index (χ3v) is 3.13. The van der Waals surface area contributed by atoms with Gasteiger partial charge in [0.1, 0.15) is 5.75 Å². The molecule has 0 amide bonds. The van der Waals surface area contributed by atoms with Gasteiger partial charge in [-0.25, -0.2) is 0 Å². The topological polar surface area (TPSA) is 31.0 Å². The van der Waals surface area contributed by atoms with E-state index in [1.807, 2.05) is 24.3 Å². The Balaban J connectivity index is 1.70. The van der Waals surface area contributed by atoms with Gasteiger partial charge in [0.2, 0.25) is 0 Å². The molecule has 3 heteroatoms. The minimum absolute atomic E-state index is 0.394. The fourth-order valence-electron chi connectivity index (χ4n) is 1.98. The number of methoxy groups -OCH3 is 1. The second kappa shape index (κ2) is 5.52. The highest BCUT2D eigenvalue weighted by Gasteiger charge is 2.38. The summed E-state index contributed by atoms with van der Waals surface area (Å²) >= 11 is 0. The van der Waals surface area contributed by atoms with E-state index in [0.29, 0.717) is 24.7 Å². The first-order chi connectivity index (χ1) is 8.20. The fourth-order valence-corrected chi connectivity index (χ4v) is 1.98. The number of epoxide rings is 1. The number of hydrogen-bond acceptors (Lipinski definition) is 3. The van der Waals surface area contributed by atoms with Gasteiger partial charge >= 0.3 is 0 Å². The van der Waals surface area contributed by atoms with Gasteiger partial charge in [-0.2, -0.15) is 0 Å². The third-order valence-electron chi connectivity index (χ3n) is 3.13. The Kier molecular flexibility index (Phi) is 4.02. The Bertz CT molecular complexity index is 347. The summed E-state index contributed by atoms with van der Waals surface area (Å²) in [4.78, 5) is 0. The Hall–Kier alpha value is -1.06. The SMILES string of the molecule is COc1ccc(COC[C@@H](C)[C@@H]2O[C@H]2C)cc1. The molecule has 94 valence electrons. The molecule has 1 aliphatic rings. The van der Waals surface area contributed by atoms with Gasteiger partial charge in [0.25, 0.3) is 0 Å². The summed E-state index contributed by atoms with van der Waals surface area (Å²) in [6.07, 6.45) is 0.806. The van der Waals surface area contributed by atoms with Crippen molar-refractivity contribution in [3.63, 3.8) is 0 Å². The zero-order chi connectivity index (χ0) is 12.3. The molecule has 0 aromatic heterocycles. The minimum atomic E-state index is 0.394. The summed E-state index contributed by atoms with van der Waals surface area (Å²) < 4.78 is 16.2. The van der Waals surface area contributed by atoms with Gasteiger partial charge in [0.15, 0.2) is 0 Å². The Labute approximate surface area is 103 Å². The molecule has 1 heterocycles. The van der Waals surface area contributed by atoms with E-state index in [2.05, 4.69) is 13.8 Å². The first kappa shape index (κ1) is 12.4. The molecule has 0 unspecified atom stereocenters. The normalized spacial score (nSPS) is 24.4. The Morgan fingerprint density at radius 2 is 1.94 bits per heavy atom. The monoisotopic (exact) mass is 236 g/mol. The molecule has 0 spiro atoms. The first-order valence-electron chi connectivity index (χ1n) is 6.07. The molecule has 0 bridgehead atoms. The van der Waals surface area contributed by atoms with Gasteiger partial charge in [0, 0.05) is 5.92 Å². The zero-order valence-electron chi connectivity index (χ0n) is 10.7. The highest BCUT2D eigenvalue weighted by Crippen LogP contribution is 2.28. The second-order valence-corrected chi connectivity index (χ2v) is 4.65. The van der Waals surface area contributed by atoms with Crippen molar-refractivity contribution in [3.8, 4) is 5.75 Å². The molecule has 0 N–H and O–H groups in total. The molecule has 3 atom stereocenters. The molecular formula is C14H20O3. The average Bonchev–Trinajstić information content (AvgIpc) is 3.07. The molecule has 1 fully saturated rings.